The van der Waals surface area contributed by atoms with Crippen molar-refractivity contribution in [2.24, 2.45) is 0 Å². The van der Waals surface area contributed by atoms with Gasteiger partial charge in [-0.2, -0.15) is 5.26 Å². The molecule has 1 N–H and O–H groups in total. The number of likely N-dealkylation sites (N-methyl/N-ethyl adjacent to an activating group) is 1. The fraction of sp³-hybridized carbons (Fsp3) is 0.476. The maximum absolute atomic E-state index is 12.4. The minimum absolute atomic E-state index is 0.249. The van der Waals surface area contributed by atoms with E-state index < -0.39 is 5.97 Å². The molecule has 0 spiro atoms. The lowest BCUT2D eigenvalue weighted by Gasteiger charge is -2.16. The number of amides is 1. The molecule has 6 heteroatoms. The summed E-state index contributed by atoms with van der Waals surface area (Å²) in [5, 5.41) is 11.9. The molecule has 0 saturated carbocycles. The Morgan fingerprint density at radius 3 is 2.85 bits per heavy atom. The molecule has 0 fully saturated rings. The number of anilines is 1. The first-order valence-electron chi connectivity index (χ1n) is 9.40. The van der Waals surface area contributed by atoms with Crippen LogP contribution in [0.1, 0.15) is 48.9 Å². The second-order valence-corrected chi connectivity index (χ2v) is 6.63. The molecular formula is C21H27N3O3. The van der Waals surface area contributed by atoms with E-state index in [1.165, 1.54) is 23.3 Å². The van der Waals surface area contributed by atoms with Gasteiger partial charge in [-0.05, 0) is 44.2 Å². The van der Waals surface area contributed by atoms with Crippen LogP contribution in [0, 0.1) is 11.3 Å². The molecular weight excluding hydrogens is 342 g/mol. The number of benzene rings is 1. The maximum atomic E-state index is 12.4. The Hall–Kier alpha value is -2.81. The molecule has 6 nitrogen and oxygen atoms in total. The molecule has 0 atom stereocenters. The lowest BCUT2D eigenvalue weighted by Crippen LogP contribution is -2.32. The number of allylic oxidation sites excluding steroid dienone is 1. The fourth-order valence-electron chi connectivity index (χ4n) is 2.96. The van der Waals surface area contributed by atoms with Gasteiger partial charge in [0.05, 0.1) is 18.1 Å². The van der Waals surface area contributed by atoms with Gasteiger partial charge < -0.3 is 15.0 Å². The van der Waals surface area contributed by atoms with E-state index in [1.54, 1.807) is 19.2 Å². The number of carbonyl (C=O) groups excluding carboxylic acids is 2. The quantitative estimate of drug-likeness (QED) is 0.532. The van der Waals surface area contributed by atoms with Gasteiger partial charge in [0.15, 0.2) is 6.61 Å². The first kappa shape index (κ1) is 20.5. The molecule has 0 unspecified atom stereocenters. The largest absolute Gasteiger partial charge is 0.452 e. The average molecular weight is 369 g/mol. The maximum Gasteiger partial charge on any atom is 0.340 e. The Morgan fingerprint density at radius 2 is 2.11 bits per heavy atom. The van der Waals surface area contributed by atoms with E-state index in [1.807, 2.05) is 18.2 Å². The van der Waals surface area contributed by atoms with Gasteiger partial charge in [-0.3, -0.25) is 4.79 Å². The van der Waals surface area contributed by atoms with Crippen molar-refractivity contribution < 1.29 is 14.3 Å². The Kier molecular flexibility index (Phi) is 8.37. The highest BCUT2D eigenvalue weighted by atomic mass is 16.5. The number of para-hydroxylation sites is 1. The summed E-state index contributed by atoms with van der Waals surface area (Å²) in [7, 11) is 1.59. The van der Waals surface area contributed by atoms with Crippen molar-refractivity contribution in [1.82, 2.24) is 4.90 Å². The van der Waals surface area contributed by atoms with Crippen LogP contribution >= 0.6 is 0 Å². The van der Waals surface area contributed by atoms with E-state index >= 15 is 0 Å². The summed E-state index contributed by atoms with van der Waals surface area (Å²) in [6.07, 6.45) is 8.38. The molecule has 0 heterocycles. The standard InChI is InChI=1S/C21H27N3O3/c1-24(15-7-13-22)20(25)16-27-21(26)18-10-5-6-11-19(18)23-14-12-17-8-3-2-4-9-17/h5-6,8,10-11,23H,2-4,7,9,12,14-16H2,1H3. The molecule has 1 aromatic carbocycles. The van der Waals surface area contributed by atoms with Crippen molar-refractivity contribution in [2.75, 3.05) is 32.1 Å². The summed E-state index contributed by atoms with van der Waals surface area (Å²) < 4.78 is 5.16. The van der Waals surface area contributed by atoms with Gasteiger partial charge in [0.1, 0.15) is 0 Å². The molecule has 0 aliphatic heterocycles. The van der Waals surface area contributed by atoms with E-state index in [4.69, 9.17) is 10.00 Å². The van der Waals surface area contributed by atoms with Crippen molar-refractivity contribution in [3.63, 3.8) is 0 Å². The molecule has 1 amide bonds. The highest BCUT2D eigenvalue weighted by molar-refractivity contribution is 5.96. The van der Waals surface area contributed by atoms with Crippen LogP contribution in [-0.2, 0) is 9.53 Å². The topological polar surface area (TPSA) is 82.4 Å². The van der Waals surface area contributed by atoms with E-state index in [2.05, 4.69) is 11.4 Å². The summed E-state index contributed by atoms with van der Waals surface area (Å²) in [5.74, 6) is -0.856. The third-order valence-corrected chi connectivity index (χ3v) is 4.61. The van der Waals surface area contributed by atoms with Crippen LogP contribution in [0.5, 0.6) is 0 Å². The number of nitriles is 1. The van der Waals surface area contributed by atoms with Crippen molar-refractivity contribution in [1.29, 1.82) is 5.26 Å². The molecule has 0 saturated heterocycles. The molecule has 1 aliphatic rings. The minimum atomic E-state index is -0.531. The molecule has 144 valence electrons. The summed E-state index contributed by atoms with van der Waals surface area (Å²) in [6.45, 7) is 0.745. The van der Waals surface area contributed by atoms with Gasteiger partial charge in [0.25, 0.3) is 5.91 Å². The third kappa shape index (κ3) is 6.78. The van der Waals surface area contributed by atoms with Gasteiger partial charge in [-0.15, -0.1) is 0 Å². The lowest BCUT2D eigenvalue weighted by atomic mass is 9.97. The van der Waals surface area contributed by atoms with Crippen LogP contribution in [0.4, 0.5) is 5.69 Å². The first-order valence-corrected chi connectivity index (χ1v) is 9.40. The third-order valence-electron chi connectivity index (χ3n) is 4.61. The van der Waals surface area contributed by atoms with Gasteiger partial charge in [-0.25, -0.2) is 4.79 Å². The van der Waals surface area contributed by atoms with E-state index in [9.17, 15) is 9.59 Å². The Bertz CT molecular complexity index is 722. The molecule has 0 bridgehead atoms. The Balaban J connectivity index is 1.86. The second-order valence-electron chi connectivity index (χ2n) is 6.63. The van der Waals surface area contributed by atoms with Gasteiger partial charge in [0, 0.05) is 25.8 Å². The van der Waals surface area contributed by atoms with Crippen molar-refractivity contribution in [3.8, 4) is 6.07 Å². The second kappa shape index (κ2) is 11.0. The molecule has 0 aromatic heterocycles. The van der Waals surface area contributed by atoms with Crippen LogP contribution in [0.2, 0.25) is 0 Å². The number of nitrogens with one attached hydrogen (secondary N) is 1. The van der Waals surface area contributed by atoms with Crippen molar-refractivity contribution in [2.45, 2.75) is 38.5 Å². The average Bonchev–Trinajstić information content (AvgIpc) is 2.71. The van der Waals surface area contributed by atoms with Crippen LogP contribution in [0.25, 0.3) is 0 Å². The molecule has 1 aromatic rings. The summed E-state index contributed by atoms with van der Waals surface area (Å²) in [6, 6.07) is 9.14. The lowest BCUT2D eigenvalue weighted by molar-refractivity contribution is -0.133. The van der Waals surface area contributed by atoms with E-state index in [0.717, 1.165) is 25.8 Å². The zero-order valence-electron chi connectivity index (χ0n) is 15.9. The van der Waals surface area contributed by atoms with Crippen LogP contribution < -0.4 is 5.32 Å². The van der Waals surface area contributed by atoms with Crippen molar-refractivity contribution >= 4 is 17.6 Å². The summed E-state index contributed by atoms with van der Waals surface area (Å²) in [4.78, 5) is 25.7. The van der Waals surface area contributed by atoms with Gasteiger partial charge in [0.2, 0.25) is 0 Å². The smallest absolute Gasteiger partial charge is 0.340 e. The monoisotopic (exact) mass is 369 g/mol. The number of carbonyl (C=O) groups is 2. The molecule has 0 radical (unpaired) electrons. The van der Waals surface area contributed by atoms with Crippen molar-refractivity contribution in [3.05, 3.63) is 41.5 Å². The number of esters is 1. The first-order chi connectivity index (χ1) is 13.1. The summed E-state index contributed by atoms with van der Waals surface area (Å²) in [5.41, 5.74) is 2.60. The normalized spacial score (nSPS) is 13.3. The summed E-state index contributed by atoms with van der Waals surface area (Å²) >= 11 is 0. The molecule has 2 rings (SSSR count). The van der Waals surface area contributed by atoms with Gasteiger partial charge >= 0.3 is 5.97 Å². The van der Waals surface area contributed by atoms with Gasteiger partial charge in [-0.1, -0.05) is 23.8 Å². The van der Waals surface area contributed by atoms with E-state index in [-0.39, 0.29) is 18.9 Å². The van der Waals surface area contributed by atoms with Crippen LogP contribution in [0.15, 0.2) is 35.9 Å². The Labute approximate surface area is 160 Å². The SMILES string of the molecule is CN(CCC#N)C(=O)COC(=O)c1ccccc1NCCC1=CCCCC1. The van der Waals surface area contributed by atoms with Crippen LogP contribution in [0.3, 0.4) is 0 Å². The highest BCUT2D eigenvalue weighted by Gasteiger charge is 2.16. The number of rotatable bonds is 9. The predicted octanol–water partition coefficient (Wildman–Crippen LogP) is 3.52. The molecule has 27 heavy (non-hydrogen) atoms. The minimum Gasteiger partial charge on any atom is -0.452 e. The zero-order chi connectivity index (χ0) is 19.5. The fourth-order valence-corrected chi connectivity index (χ4v) is 2.96. The number of nitrogens with zero attached hydrogens (tertiary/aromatic N) is 2. The van der Waals surface area contributed by atoms with Crippen LogP contribution in [-0.4, -0.2) is 43.5 Å². The number of hydrogen-bond acceptors (Lipinski definition) is 5. The number of hydrogen-bond donors (Lipinski definition) is 1. The zero-order valence-corrected chi connectivity index (χ0v) is 15.9. The Morgan fingerprint density at radius 1 is 1.30 bits per heavy atom. The van der Waals surface area contributed by atoms with E-state index in [0.29, 0.717) is 17.8 Å². The predicted molar refractivity (Wildman–Crippen MR) is 104 cm³/mol. The molecule has 1 aliphatic carbocycles. The highest BCUT2D eigenvalue weighted by Crippen LogP contribution is 2.21. The number of ether oxygens (including phenoxy) is 1.